The molecule has 3 heterocycles. The van der Waals surface area contributed by atoms with Gasteiger partial charge in [-0.1, -0.05) is 41.9 Å². The third-order valence-electron chi connectivity index (χ3n) is 5.74. The summed E-state index contributed by atoms with van der Waals surface area (Å²) in [5, 5.41) is 9.05. The highest BCUT2D eigenvalue weighted by molar-refractivity contribution is 6.30. The van der Waals surface area contributed by atoms with Crippen LogP contribution >= 0.6 is 11.6 Å². The van der Waals surface area contributed by atoms with Gasteiger partial charge in [0.25, 0.3) is 5.91 Å². The predicted octanol–water partition coefficient (Wildman–Crippen LogP) is 5.44. The van der Waals surface area contributed by atoms with Crippen LogP contribution in [-0.2, 0) is 0 Å². The number of hydrogen-bond donors (Lipinski definition) is 3. The van der Waals surface area contributed by atoms with Crippen molar-refractivity contribution in [3.05, 3.63) is 95.1 Å². The normalized spacial score (nSPS) is 11.7. The van der Waals surface area contributed by atoms with Crippen LogP contribution in [0.2, 0.25) is 5.02 Å². The standard InChI is InChI=1S/C26H18ClN7O/c27-16-9-11-17(12-10-16)31-26(35)22-23-25(33-21-8-4-3-7-20(21)32-23)34(24(22)28)30-14-15-13-29-19-6-2-1-5-18(15)19/h1-14,29H,28H2,(H,31,35)/b30-14-. The van der Waals surface area contributed by atoms with Crippen molar-refractivity contribution in [2.24, 2.45) is 5.10 Å². The number of anilines is 2. The molecule has 0 aliphatic rings. The number of nitrogens with zero attached hydrogens (tertiary/aromatic N) is 4. The number of benzene rings is 3. The average molecular weight is 480 g/mol. The van der Waals surface area contributed by atoms with Gasteiger partial charge in [-0.3, -0.25) is 4.79 Å². The van der Waals surface area contributed by atoms with E-state index in [2.05, 4.69) is 15.4 Å². The van der Waals surface area contributed by atoms with Crippen LogP contribution in [-0.4, -0.2) is 31.7 Å². The van der Waals surface area contributed by atoms with Crippen molar-refractivity contribution in [2.75, 3.05) is 11.1 Å². The van der Waals surface area contributed by atoms with E-state index in [1.165, 1.54) is 4.68 Å². The van der Waals surface area contributed by atoms with E-state index in [1.807, 2.05) is 54.7 Å². The molecule has 9 heteroatoms. The number of carbonyl (C=O) groups is 1. The Labute approximate surface area is 204 Å². The molecule has 8 nitrogen and oxygen atoms in total. The van der Waals surface area contributed by atoms with Gasteiger partial charge in [-0.25, -0.2) is 9.97 Å². The summed E-state index contributed by atoms with van der Waals surface area (Å²) in [5.74, 6) is -0.279. The lowest BCUT2D eigenvalue weighted by Crippen LogP contribution is -2.14. The lowest BCUT2D eigenvalue weighted by atomic mass is 10.2. The van der Waals surface area contributed by atoms with Crippen molar-refractivity contribution in [1.82, 2.24) is 19.6 Å². The van der Waals surface area contributed by atoms with Gasteiger partial charge in [0.05, 0.1) is 17.2 Å². The molecule has 0 unspecified atom stereocenters. The van der Waals surface area contributed by atoms with Crippen molar-refractivity contribution in [2.45, 2.75) is 0 Å². The Bertz CT molecular complexity index is 1770. The molecule has 0 radical (unpaired) electrons. The average Bonchev–Trinajstić information content (AvgIpc) is 3.40. The van der Waals surface area contributed by atoms with Crippen LogP contribution in [0.3, 0.4) is 0 Å². The SMILES string of the molecule is Nc1c(C(=O)Nc2ccc(Cl)cc2)c2nc3ccccc3nc2n1/N=C\c1c[nH]c2ccccc12. The van der Waals surface area contributed by atoms with Gasteiger partial charge >= 0.3 is 0 Å². The first kappa shape index (κ1) is 20.9. The van der Waals surface area contributed by atoms with E-state index in [0.29, 0.717) is 32.9 Å². The Morgan fingerprint density at radius 1 is 1.00 bits per heavy atom. The summed E-state index contributed by atoms with van der Waals surface area (Å²) in [4.78, 5) is 26.0. The first-order chi connectivity index (χ1) is 17.1. The Kier molecular flexibility index (Phi) is 4.93. The Morgan fingerprint density at radius 3 is 2.51 bits per heavy atom. The third kappa shape index (κ3) is 3.66. The summed E-state index contributed by atoms with van der Waals surface area (Å²) >= 11 is 5.97. The van der Waals surface area contributed by atoms with Crippen LogP contribution < -0.4 is 11.1 Å². The molecule has 0 aliphatic carbocycles. The topological polar surface area (TPSA) is 114 Å². The molecule has 1 amide bonds. The third-order valence-corrected chi connectivity index (χ3v) is 5.99. The minimum Gasteiger partial charge on any atom is -0.383 e. The van der Waals surface area contributed by atoms with Crippen LogP contribution in [0.4, 0.5) is 11.5 Å². The second-order valence-electron chi connectivity index (χ2n) is 7.95. The van der Waals surface area contributed by atoms with E-state index < -0.39 is 5.91 Å². The Morgan fingerprint density at radius 2 is 1.71 bits per heavy atom. The molecule has 35 heavy (non-hydrogen) atoms. The first-order valence-electron chi connectivity index (χ1n) is 10.8. The van der Waals surface area contributed by atoms with Gasteiger partial charge < -0.3 is 16.0 Å². The van der Waals surface area contributed by atoms with Crippen molar-refractivity contribution in [3.63, 3.8) is 0 Å². The zero-order valence-corrected chi connectivity index (χ0v) is 19.0. The molecule has 3 aromatic heterocycles. The van der Waals surface area contributed by atoms with E-state index in [-0.39, 0.29) is 11.4 Å². The number of aromatic amines is 1. The fraction of sp³-hybridized carbons (Fsp3) is 0. The van der Waals surface area contributed by atoms with Gasteiger partial charge in [-0.2, -0.15) is 9.78 Å². The Hall–Kier alpha value is -4.69. The monoisotopic (exact) mass is 479 g/mol. The van der Waals surface area contributed by atoms with Crippen molar-refractivity contribution < 1.29 is 4.79 Å². The highest BCUT2D eigenvalue weighted by atomic mass is 35.5. The summed E-state index contributed by atoms with van der Waals surface area (Å²) in [5.41, 5.74) is 11.2. The number of amides is 1. The number of nitrogens with two attached hydrogens (primary N) is 1. The first-order valence-corrected chi connectivity index (χ1v) is 11.2. The number of rotatable bonds is 4. The molecule has 0 fully saturated rings. The molecule has 0 bridgehead atoms. The van der Waals surface area contributed by atoms with Crippen LogP contribution in [0.5, 0.6) is 0 Å². The Balaban J connectivity index is 1.50. The molecule has 6 aromatic rings. The summed E-state index contributed by atoms with van der Waals surface area (Å²) in [6, 6.07) is 22.2. The van der Waals surface area contributed by atoms with Crippen LogP contribution in [0.15, 0.2) is 84.1 Å². The molecule has 170 valence electrons. The van der Waals surface area contributed by atoms with Gasteiger partial charge in [0, 0.05) is 33.4 Å². The summed E-state index contributed by atoms with van der Waals surface area (Å²) in [7, 11) is 0. The van der Waals surface area contributed by atoms with E-state index >= 15 is 0 Å². The van der Waals surface area contributed by atoms with E-state index in [4.69, 9.17) is 27.3 Å². The molecule has 0 spiro atoms. The van der Waals surface area contributed by atoms with Crippen molar-refractivity contribution >= 4 is 68.3 Å². The van der Waals surface area contributed by atoms with Gasteiger partial charge in [-0.05, 0) is 42.5 Å². The summed E-state index contributed by atoms with van der Waals surface area (Å²) in [6.45, 7) is 0. The van der Waals surface area contributed by atoms with Crippen molar-refractivity contribution in [3.8, 4) is 0 Å². The number of carbonyl (C=O) groups excluding carboxylic acids is 1. The minimum absolute atomic E-state index is 0.137. The fourth-order valence-corrected chi connectivity index (χ4v) is 4.16. The fourth-order valence-electron chi connectivity index (χ4n) is 4.04. The van der Waals surface area contributed by atoms with E-state index in [9.17, 15) is 4.79 Å². The second-order valence-corrected chi connectivity index (χ2v) is 8.39. The number of fused-ring (bicyclic) bond motifs is 3. The molecule has 0 saturated carbocycles. The number of aromatic nitrogens is 4. The smallest absolute Gasteiger partial charge is 0.261 e. The second kappa shape index (κ2) is 8.27. The minimum atomic E-state index is -0.416. The highest BCUT2D eigenvalue weighted by Crippen LogP contribution is 2.29. The molecular weight excluding hydrogens is 462 g/mol. The van der Waals surface area contributed by atoms with Gasteiger partial charge in [-0.15, -0.1) is 0 Å². The predicted molar refractivity (Wildman–Crippen MR) is 140 cm³/mol. The maximum Gasteiger partial charge on any atom is 0.261 e. The maximum absolute atomic E-state index is 13.3. The molecule has 4 N–H and O–H groups in total. The lowest BCUT2D eigenvalue weighted by molar-refractivity contribution is 0.102. The zero-order valence-electron chi connectivity index (χ0n) is 18.2. The molecular formula is C26H18ClN7O. The maximum atomic E-state index is 13.3. The zero-order chi connectivity index (χ0) is 23.9. The lowest BCUT2D eigenvalue weighted by Gasteiger charge is -2.05. The molecule has 0 atom stereocenters. The van der Waals surface area contributed by atoms with Crippen LogP contribution in [0.25, 0.3) is 33.1 Å². The number of nitrogens with one attached hydrogen (secondary N) is 2. The molecule has 0 aliphatic heterocycles. The van der Waals surface area contributed by atoms with Gasteiger partial charge in [0.1, 0.15) is 16.9 Å². The number of halogens is 1. The highest BCUT2D eigenvalue weighted by Gasteiger charge is 2.24. The number of nitrogen functional groups attached to an aromatic ring is 1. The molecule has 6 rings (SSSR count). The van der Waals surface area contributed by atoms with E-state index in [0.717, 1.165) is 16.5 Å². The van der Waals surface area contributed by atoms with E-state index in [1.54, 1.807) is 30.5 Å². The number of para-hydroxylation sites is 3. The van der Waals surface area contributed by atoms with Gasteiger partial charge in [0.2, 0.25) is 0 Å². The molecule has 0 saturated heterocycles. The number of hydrogen-bond acceptors (Lipinski definition) is 5. The van der Waals surface area contributed by atoms with Crippen molar-refractivity contribution in [1.29, 1.82) is 0 Å². The molecule has 3 aromatic carbocycles. The largest absolute Gasteiger partial charge is 0.383 e. The quantitative estimate of drug-likeness (QED) is 0.292. The summed E-state index contributed by atoms with van der Waals surface area (Å²) < 4.78 is 1.45. The van der Waals surface area contributed by atoms with Crippen LogP contribution in [0, 0.1) is 0 Å². The van der Waals surface area contributed by atoms with Crippen LogP contribution in [0.1, 0.15) is 15.9 Å². The summed E-state index contributed by atoms with van der Waals surface area (Å²) in [6.07, 6.45) is 3.55. The number of H-pyrrole nitrogens is 1. The van der Waals surface area contributed by atoms with Gasteiger partial charge in [0.15, 0.2) is 5.65 Å².